The van der Waals surface area contributed by atoms with Crippen molar-refractivity contribution in [3.05, 3.63) is 57.3 Å². The van der Waals surface area contributed by atoms with Crippen LogP contribution < -0.4 is 5.32 Å². The van der Waals surface area contributed by atoms with Gasteiger partial charge >= 0.3 is 0 Å². The van der Waals surface area contributed by atoms with Crippen molar-refractivity contribution in [3.63, 3.8) is 0 Å². The molecule has 6 nitrogen and oxygen atoms in total. The van der Waals surface area contributed by atoms with Gasteiger partial charge in [-0.3, -0.25) is 24.1 Å². The number of hydrogen-bond acceptors (Lipinski definition) is 5. The SMILES string of the molecule is CC(=O)c1ccc(CCNC(=O)CN2C(=O)c3ccccc3C2=O)s1. The van der Waals surface area contributed by atoms with Crippen LogP contribution in [0.1, 0.15) is 42.2 Å². The maximum Gasteiger partial charge on any atom is 0.262 e. The summed E-state index contributed by atoms with van der Waals surface area (Å²) >= 11 is 1.40. The molecule has 1 aromatic heterocycles. The smallest absolute Gasteiger partial charge is 0.262 e. The van der Waals surface area contributed by atoms with E-state index in [4.69, 9.17) is 0 Å². The summed E-state index contributed by atoms with van der Waals surface area (Å²) in [4.78, 5) is 50.3. The number of benzene rings is 1. The van der Waals surface area contributed by atoms with Crippen LogP contribution in [0.25, 0.3) is 0 Å². The van der Waals surface area contributed by atoms with Crippen molar-refractivity contribution in [1.82, 2.24) is 10.2 Å². The van der Waals surface area contributed by atoms with Crippen molar-refractivity contribution in [1.29, 1.82) is 0 Å². The largest absolute Gasteiger partial charge is 0.354 e. The Hall–Kier alpha value is -2.80. The fourth-order valence-electron chi connectivity index (χ4n) is 2.61. The lowest BCUT2D eigenvalue weighted by atomic mass is 10.1. The number of ketones is 1. The third-order valence-corrected chi connectivity index (χ3v) is 5.13. The molecule has 3 amide bonds. The van der Waals surface area contributed by atoms with E-state index in [1.807, 2.05) is 6.07 Å². The number of rotatable bonds is 6. The molecule has 7 heteroatoms. The van der Waals surface area contributed by atoms with Crippen LogP contribution in [0.5, 0.6) is 0 Å². The van der Waals surface area contributed by atoms with Crippen molar-refractivity contribution < 1.29 is 19.2 Å². The summed E-state index contributed by atoms with van der Waals surface area (Å²) in [5, 5.41) is 2.70. The Morgan fingerprint density at radius 2 is 1.68 bits per heavy atom. The molecule has 128 valence electrons. The normalized spacial score (nSPS) is 13.1. The van der Waals surface area contributed by atoms with Crippen LogP contribution in [0.2, 0.25) is 0 Å². The Bertz CT molecular complexity index is 836. The van der Waals surface area contributed by atoms with Gasteiger partial charge in [0.2, 0.25) is 5.91 Å². The average molecular weight is 356 g/mol. The lowest BCUT2D eigenvalue weighted by molar-refractivity contribution is -0.121. The predicted octanol–water partition coefficient (Wildman–Crippen LogP) is 1.91. The molecule has 0 saturated carbocycles. The van der Waals surface area contributed by atoms with Gasteiger partial charge in [0.05, 0.1) is 16.0 Å². The molecule has 0 aliphatic carbocycles. The molecule has 0 spiro atoms. The molecule has 0 atom stereocenters. The Morgan fingerprint density at radius 3 is 2.24 bits per heavy atom. The van der Waals surface area contributed by atoms with Gasteiger partial charge < -0.3 is 5.32 Å². The van der Waals surface area contributed by atoms with Crippen LogP contribution >= 0.6 is 11.3 Å². The number of fused-ring (bicyclic) bond motifs is 1. The van der Waals surface area contributed by atoms with Crippen molar-refractivity contribution >= 4 is 34.8 Å². The van der Waals surface area contributed by atoms with Crippen molar-refractivity contribution in [2.45, 2.75) is 13.3 Å². The highest BCUT2D eigenvalue weighted by atomic mass is 32.1. The molecule has 0 bridgehead atoms. The van der Waals surface area contributed by atoms with E-state index in [0.29, 0.717) is 29.0 Å². The number of carbonyl (C=O) groups is 4. The third-order valence-electron chi connectivity index (χ3n) is 3.88. The molecule has 1 aliphatic heterocycles. The van der Waals surface area contributed by atoms with Crippen LogP contribution in [0, 0.1) is 0 Å². The van der Waals surface area contributed by atoms with Gasteiger partial charge in [-0.15, -0.1) is 11.3 Å². The first kappa shape index (κ1) is 17.0. The average Bonchev–Trinajstić information content (AvgIpc) is 3.15. The maximum absolute atomic E-state index is 12.2. The van der Waals surface area contributed by atoms with Crippen LogP contribution in [-0.4, -0.2) is 41.5 Å². The molecule has 1 aromatic carbocycles. The van der Waals surface area contributed by atoms with Crippen molar-refractivity contribution in [3.8, 4) is 0 Å². The summed E-state index contributed by atoms with van der Waals surface area (Å²) in [6.45, 7) is 1.59. The number of nitrogens with one attached hydrogen (secondary N) is 1. The number of amides is 3. The highest BCUT2D eigenvalue weighted by Gasteiger charge is 2.36. The summed E-state index contributed by atoms with van der Waals surface area (Å²) in [6.07, 6.45) is 0.589. The standard InChI is InChI=1S/C18H16N2O4S/c1-11(21)15-7-6-12(25-15)8-9-19-16(22)10-20-17(23)13-4-2-3-5-14(13)18(20)24/h2-7H,8-10H2,1H3,(H,19,22). The molecule has 1 aliphatic rings. The first-order valence-corrected chi connectivity index (χ1v) is 8.60. The maximum atomic E-state index is 12.2. The van der Waals surface area contributed by atoms with Gasteiger partial charge in [0, 0.05) is 11.4 Å². The first-order chi connectivity index (χ1) is 12.0. The molecule has 25 heavy (non-hydrogen) atoms. The minimum absolute atomic E-state index is 0.0194. The molecule has 0 unspecified atom stereocenters. The number of carbonyl (C=O) groups excluding carboxylic acids is 4. The topological polar surface area (TPSA) is 83.6 Å². The van der Waals surface area contributed by atoms with Gasteiger partial charge in [-0.05, 0) is 37.6 Å². The van der Waals surface area contributed by atoms with Crippen LogP contribution in [0.4, 0.5) is 0 Å². The highest BCUT2D eigenvalue weighted by Crippen LogP contribution is 2.22. The van der Waals surface area contributed by atoms with Gasteiger partial charge in [-0.2, -0.15) is 0 Å². The molecule has 3 rings (SSSR count). The summed E-state index contributed by atoms with van der Waals surface area (Å²) in [6, 6.07) is 10.2. The second-order valence-electron chi connectivity index (χ2n) is 5.66. The fourth-order valence-corrected chi connectivity index (χ4v) is 3.51. The van der Waals surface area contributed by atoms with Gasteiger partial charge in [0.1, 0.15) is 6.54 Å². The van der Waals surface area contributed by atoms with Gasteiger partial charge in [-0.25, -0.2) is 0 Å². The first-order valence-electron chi connectivity index (χ1n) is 7.79. The quantitative estimate of drug-likeness (QED) is 0.633. The van der Waals surface area contributed by atoms with E-state index in [1.54, 1.807) is 30.3 Å². The Balaban J connectivity index is 1.52. The summed E-state index contributed by atoms with van der Waals surface area (Å²) in [5.74, 6) is -1.26. The van der Waals surface area contributed by atoms with E-state index in [2.05, 4.69) is 5.32 Å². The van der Waals surface area contributed by atoms with Gasteiger partial charge in [0.15, 0.2) is 5.78 Å². The number of nitrogens with zero attached hydrogens (tertiary/aromatic N) is 1. The Labute approximate surface area is 148 Å². The van der Waals surface area contributed by atoms with E-state index in [0.717, 1.165) is 9.78 Å². The zero-order valence-electron chi connectivity index (χ0n) is 13.6. The Morgan fingerprint density at radius 1 is 1.04 bits per heavy atom. The number of Topliss-reactive ketones (excluding diaryl/α,β-unsaturated/α-hetero) is 1. The monoisotopic (exact) mass is 356 g/mol. The molecule has 2 heterocycles. The molecule has 0 radical (unpaired) electrons. The number of thiophene rings is 1. The van der Waals surface area contributed by atoms with E-state index < -0.39 is 17.7 Å². The van der Waals surface area contributed by atoms with Crippen LogP contribution in [0.3, 0.4) is 0 Å². The minimum Gasteiger partial charge on any atom is -0.354 e. The van der Waals surface area contributed by atoms with E-state index in [1.165, 1.54) is 18.3 Å². The predicted molar refractivity (Wildman–Crippen MR) is 92.8 cm³/mol. The molecule has 1 N–H and O–H groups in total. The molecular formula is C18H16N2O4S. The van der Waals surface area contributed by atoms with E-state index in [9.17, 15) is 19.2 Å². The van der Waals surface area contributed by atoms with Crippen molar-refractivity contribution in [2.75, 3.05) is 13.1 Å². The second kappa shape index (κ2) is 6.98. The molecular weight excluding hydrogens is 340 g/mol. The summed E-state index contributed by atoms with van der Waals surface area (Å²) in [7, 11) is 0. The second-order valence-corrected chi connectivity index (χ2v) is 6.83. The Kier molecular flexibility index (Phi) is 4.76. The molecule has 0 fully saturated rings. The molecule has 0 saturated heterocycles. The molecule has 2 aromatic rings. The summed E-state index contributed by atoms with van der Waals surface area (Å²) in [5.41, 5.74) is 0.659. The minimum atomic E-state index is -0.444. The van der Waals surface area contributed by atoms with E-state index in [-0.39, 0.29) is 12.3 Å². The van der Waals surface area contributed by atoms with E-state index >= 15 is 0 Å². The highest BCUT2D eigenvalue weighted by molar-refractivity contribution is 7.14. The van der Waals surface area contributed by atoms with Gasteiger partial charge in [-0.1, -0.05) is 12.1 Å². The third kappa shape index (κ3) is 3.51. The fraction of sp³-hybridized carbons (Fsp3) is 0.222. The summed E-state index contributed by atoms with van der Waals surface area (Å²) < 4.78 is 0. The number of imide groups is 1. The zero-order chi connectivity index (χ0) is 18.0. The van der Waals surface area contributed by atoms with Crippen LogP contribution in [0.15, 0.2) is 36.4 Å². The zero-order valence-corrected chi connectivity index (χ0v) is 14.4. The van der Waals surface area contributed by atoms with Crippen molar-refractivity contribution in [2.24, 2.45) is 0 Å². The van der Waals surface area contributed by atoms with Crippen LogP contribution in [-0.2, 0) is 11.2 Å². The lowest BCUT2D eigenvalue weighted by Gasteiger charge is -2.13. The lowest BCUT2D eigenvalue weighted by Crippen LogP contribution is -2.40. The van der Waals surface area contributed by atoms with Gasteiger partial charge in [0.25, 0.3) is 11.8 Å². The number of hydrogen-bond donors (Lipinski definition) is 1.